The Hall–Kier alpha value is -2.80. The Morgan fingerprint density at radius 3 is 2.55 bits per heavy atom. The van der Waals surface area contributed by atoms with E-state index < -0.39 is 17.7 Å². The van der Waals surface area contributed by atoms with Gasteiger partial charge in [0.05, 0.1) is 6.04 Å². The van der Waals surface area contributed by atoms with E-state index in [9.17, 15) is 4.79 Å². The maximum Gasteiger partial charge on any atom is 0.236 e. The van der Waals surface area contributed by atoms with Gasteiger partial charge in [0.25, 0.3) is 0 Å². The van der Waals surface area contributed by atoms with Crippen molar-refractivity contribution >= 4 is 57.8 Å². The number of hydrogen-bond acceptors (Lipinski definition) is 3. The summed E-state index contributed by atoms with van der Waals surface area (Å²) < 4.78 is 6.57. The lowest BCUT2D eigenvalue weighted by Gasteiger charge is -2.56. The number of carbonyl (C=O) groups is 1. The molecule has 0 unspecified atom stereocenters. The summed E-state index contributed by atoms with van der Waals surface area (Å²) in [4.78, 5) is 15.6. The van der Waals surface area contributed by atoms with E-state index in [0.717, 1.165) is 16.8 Å². The fourth-order valence-corrected chi connectivity index (χ4v) is 5.38. The Kier molecular flexibility index (Phi) is 5.47. The van der Waals surface area contributed by atoms with Gasteiger partial charge in [-0.1, -0.05) is 35.3 Å². The maximum atomic E-state index is 13.7. The summed E-state index contributed by atoms with van der Waals surface area (Å²) in [5, 5.41) is 8.04. The van der Waals surface area contributed by atoms with E-state index >= 15 is 0 Å². The molecule has 1 saturated heterocycles. The van der Waals surface area contributed by atoms with Gasteiger partial charge in [0.2, 0.25) is 5.91 Å². The molecule has 2 heterocycles. The molecule has 2 aliphatic rings. The molecule has 0 aromatic heterocycles. The Morgan fingerprint density at radius 2 is 1.82 bits per heavy atom. The van der Waals surface area contributed by atoms with Crippen LogP contribution in [0.5, 0.6) is 5.75 Å². The van der Waals surface area contributed by atoms with Crippen molar-refractivity contribution < 1.29 is 9.53 Å². The van der Waals surface area contributed by atoms with Gasteiger partial charge in [0, 0.05) is 27.0 Å². The number of nitrogens with zero attached hydrogens (tertiary/aromatic N) is 1. The quantitative estimate of drug-likeness (QED) is 0.428. The molecule has 8 heteroatoms. The first-order valence-corrected chi connectivity index (χ1v) is 11.6. The molecule has 0 aliphatic carbocycles. The molecule has 0 spiro atoms. The third kappa shape index (κ3) is 3.82. The zero-order valence-electron chi connectivity index (χ0n) is 17.9. The highest BCUT2D eigenvalue weighted by Gasteiger charge is 2.59. The van der Waals surface area contributed by atoms with Gasteiger partial charge in [-0.05, 0) is 86.2 Å². The van der Waals surface area contributed by atoms with E-state index in [1.54, 1.807) is 30.3 Å². The molecule has 3 atom stereocenters. The Morgan fingerprint density at radius 1 is 1.09 bits per heavy atom. The largest absolute Gasteiger partial charge is 0.467 e. The fraction of sp³-hybridized carbons (Fsp3) is 0.200. The summed E-state index contributed by atoms with van der Waals surface area (Å²) >= 11 is 18.1. The lowest BCUT2D eigenvalue weighted by atomic mass is 9.78. The van der Waals surface area contributed by atoms with Crippen LogP contribution in [-0.4, -0.2) is 16.7 Å². The second kappa shape index (κ2) is 8.20. The van der Waals surface area contributed by atoms with Gasteiger partial charge < -0.3 is 15.4 Å². The van der Waals surface area contributed by atoms with Gasteiger partial charge in [-0.3, -0.25) is 9.69 Å². The Labute approximate surface area is 207 Å². The smallest absolute Gasteiger partial charge is 0.236 e. The predicted molar refractivity (Wildman–Crippen MR) is 136 cm³/mol. The number of thiocarbonyl (C=S) groups is 1. The molecule has 2 bridgehead atoms. The maximum absolute atomic E-state index is 13.7. The number of amides is 1. The fourth-order valence-electron chi connectivity index (χ4n) is 4.66. The van der Waals surface area contributed by atoms with Crippen molar-refractivity contribution in [3.63, 3.8) is 0 Å². The molecule has 3 aromatic carbocycles. The van der Waals surface area contributed by atoms with Crippen molar-refractivity contribution in [2.45, 2.75) is 25.6 Å². The van der Waals surface area contributed by atoms with E-state index in [-0.39, 0.29) is 5.91 Å². The van der Waals surface area contributed by atoms with Crippen molar-refractivity contribution in [2.24, 2.45) is 5.92 Å². The lowest BCUT2D eigenvalue weighted by Crippen LogP contribution is -2.72. The van der Waals surface area contributed by atoms with E-state index in [2.05, 4.69) is 10.6 Å². The van der Waals surface area contributed by atoms with Crippen LogP contribution in [0.1, 0.15) is 24.1 Å². The van der Waals surface area contributed by atoms with E-state index in [1.165, 1.54) is 0 Å². The molecule has 1 fully saturated rings. The molecule has 2 N–H and O–H groups in total. The van der Waals surface area contributed by atoms with Gasteiger partial charge in [-0.15, -0.1) is 0 Å². The number of ether oxygens (including phenoxy) is 1. The van der Waals surface area contributed by atoms with E-state index in [0.29, 0.717) is 26.6 Å². The van der Waals surface area contributed by atoms with Crippen LogP contribution in [0.25, 0.3) is 0 Å². The first-order chi connectivity index (χ1) is 15.8. The standard InChI is InChI=1S/C25H21Cl2N3O2S/c1-14-4-3-5-18(12-14)30-24(33)29-22-19-13-16(27)8-11-20(19)32-25(30,2)21(22)23(31)28-17-9-6-15(26)7-10-17/h3-13,21-22H,1-2H3,(H,28,31)(H,29,33)/t21-,22+,25+/m1/s1. The van der Waals surface area contributed by atoms with Crippen LogP contribution in [0.2, 0.25) is 10.0 Å². The second-order valence-electron chi connectivity index (χ2n) is 8.41. The topological polar surface area (TPSA) is 53.6 Å². The van der Waals surface area contributed by atoms with Crippen LogP contribution >= 0.6 is 35.4 Å². The van der Waals surface area contributed by atoms with Crippen molar-refractivity contribution in [3.05, 3.63) is 87.9 Å². The molecular weight excluding hydrogens is 477 g/mol. The molecule has 33 heavy (non-hydrogen) atoms. The first kappa shape index (κ1) is 22.0. The number of halogens is 2. The third-order valence-corrected chi connectivity index (χ3v) is 6.90. The normalized spacial score (nSPS) is 23.3. The molecule has 2 aliphatic heterocycles. The SMILES string of the molecule is Cc1cccc(N2C(=S)N[C@H]3c4cc(Cl)ccc4O[C@@]2(C)[C@H]3C(=O)Nc2ccc(Cl)cc2)c1. The average molecular weight is 498 g/mol. The number of rotatable bonds is 3. The number of carbonyl (C=O) groups excluding carboxylic acids is 1. The van der Waals surface area contributed by atoms with Crippen LogP contribution < -0.4 is 20.3 Å². The van der Waals surface area contributed by atoms with Crippen LogP contribution in [0.4, 0.5) is 11.4 Å². The van der Waals surface area contributed by atoms with Gasteiger partial charge in [-0.25, -0.2) is 0 Å². The van der Waals surface area contributed by atoms with Crippen LogP contribution in [-0.2, 0) is 4.79 Å². The molecular formula is C25H21Cl2N3O2S. The summed E-state index contributed by atoms with van der Waals surface area (Å²) in [6.45, 7) is 3.91. The van der Waals surface area contributed by atoms with E-state index in [1.807, 2.05) is 55.1 Å². The van der Waals surface area contributed by atoms with Crippen molar-refractivity contribution in [3.8, 4) is 5.75 Å². The number of fused-ring (bicyclic) bond motifs is 4. The highest BCUT2D eigenvalue weighted by atomic mass is 35.5. The molecule has 0 saturated carbocycles. The predicted octanol–water partition coefficient (Wildman–Crippen LogP) is 6.10. The van der Waals surface area contributed by atoms with Crippen molar-refractivity contribution in [1.29, 1.82) is 0 Å². The molecule has 5 nitrogen and oxygen atoms in total. The Balaban J connectivity index is 1.63. The van der Waals surface area contributed by atoms with Crippen molar-refractivity contribution in [1.82, 2.24) is 5.32 Å². The van der Waals surface area contributed by atoms with Gasteiger partial charge in [0.1, 0.15) is 11.7 Å². The highest BCUT2D eigenvalue weighted by Crippen LogP contribution is 2.50. The zero-order chi connectivity index (χ0) is 23.3. The molecule has 0 radical (unpaired) electrons. The third-order valence-electron chi connectivity index (χ3n) is 6.11. The minimum atomic E-state index is -1.09. The summed E-state index contributed by atoms with van der Waals surface area (Å²) in [5.41, 5.74) is 2.27. The average Bonchev–Trinajstić information content (AvgIpc) is 2.75. The number of aryl methyl sites for hydroxylation is 1. The van der Waals surface area contributed by atoms with Crippen LogP contribution in [0, 0.1) is 12.8 Å². The van der Waals surface area contributed by atoms with E-state index in [4.69, 9.17) is 40.2 Å². The Bertz CT molecular complexity index is 1270. The molecule has 168 valence electrons. The van der Waals surface area contributed by atoms with Crippen molar-refractivity contribution in [2.75, 3.05) is 10.2 Å². The summed E-state index contributed by atoms with van der Waals surface area (Å²) in [5.74, 6) is -0.190. The number of nitrogens with one attached hydrogen (secondary N) is 2. The van der Waals surface area contributed by atoms with Crippen LogP contribution in [0.15, 0.2) is 66.7 Å². The van der Waals surface area contributed by atoms with Gasteiger partial charge in [0.15, 0.2) is 10.8 Å². The summed E-state index contributed by atoms with van der Waals surface area (Å²) in [6.07, 6.45) is 0. The summed E-state index contributed by atoms with van der Waals surface area (Å²) in [6, 6.07) is 20.0. The molecule has 5 rings (SSSR count). The summed E-state index contributed by atoms with van der Waals surface area (Å²) in [7, 11) is 0. The van der Waals surface area contributed by atoms with Gasteiger partial charge in [-0.2, -0.15) is 0 Å². The van der Waals surface area contributed by atoms with Crippen LogP contribution in [0.3, 0.4) is 0 Å². The first-order valence-electron chi connectivity index (χ1n) is 10.5. The monoisotopic (exact) mass is 497 g/mol. The second-order valence-corrected chi connectivity index (χ2v) is 9.67. The molecule has 3 aromatic rings. The highest BCUT2D eigenvalue weighted by molar-refractivity contribution is 7.80. The minimum Gasteiger partial charge on any atom is -0.467 e. The number of hydrogen-bond donors (Lipinski definition) is 2. The lowest BCUT2D eigenvalue weighted by molar-refractivity contribution is -0.130. The molecule has 1 amide bonds. The minimum absolute atomic E-state index is 0.205. The van der Waals surface area contributed by atoms with Gasteiger partial charge >= 0.3 is 0 Å². The zero-order valence-corrected chi connectivity index (χ0v) is 20.3. The number of benzene rings is 3. The number of anilines is 2.